The molecular weight excluding hydrogens is 247 g/mol. The second kappa shape index (κ2) is 4.41. The lowest BCUT2D eigenvalue weighted by atomic mass is 9.86. The predicted octanol–water partition coefficient (Wildman–Crippen LogP) is 3.15. The van der Waals surface area contributed by atoms with E-state index in [1.54, 1.807) is 18.2 Å². The molecule has 0 saturated heterocycles. The Bertz CT molecular complexity index is 323. The summed E-state index contributed by atoms with van der Waals surface area (Å²) in [5, 5.41) is 9.08. The van der Waals surface area contributed by atoms with E-state index in [0.717, 1.165) is 0 Å². The molecule has 1 N–H and O–H groups in total. The lowest BCUT2D eigenvalue weighted by molar-refractivity contribution is 0.158. The van der Waals surface area contributed by atoms with E-state index in [0.29, 0.717) is 16.5 Å². The van der Waals surface area contributed by atoms with Gasteiger partial charge in [0.2, 0.25) is 0 Å². The van der Waals surface area contributed by atoms with E-state index in [1.807, 2.05) is 13.8 Å². The number of benzene rings is 1. The zero-order chi connectivity index (χ0) is 10.8. The van der Waals surface area contributed by atoms with Crippen LogP contribution in [0.2, 0.25) is 0 Å². The van der Waals surface area contributed by atoms with E-state index in [1.165, 1.54) is 0 Å². The fourth-order valence-electron chi connectivity index (χ4n) is 1.26. The summed E-state index contributed by atoms with van der Waals surface area (Å²) in [4.78, 5) is 0. The van der Waals surface area contributed by atoms with Crippen LogP contribution in [0.1, 0.15) is 19.4 Å². The molecule has 0 bridgehead atoms. The Kier molecular flexibility index (Phi) is 3.67. The van der Waals surface area contributed by atoms with Crippen LogP contribution in [0.5, 0.6) is 0 Å². The van der Waals surface area contributed by atoms with Crippen molar-refractivity contribution < 1.29 is 9.50 Å². The summed E-state index contributed by atoms with van der Waals surface area (Å²) < 4.78 is 14.0. The molecule has 0 amide bonds. The fraction of sp³-hybridized carbons (Fsp3) is 0.455. The van der Waals surface area contributed by atoms with Crippen LogP contribution >= 0.6 is 15.9 Å². The lowest BCUT2D eigenvalue weighted by Gasteiger charge is -2.21. The maximum Gasteiger partial charge on any atom is 0.140 e. The number of rotatable bonds is 3. The molecule has 0 saturated carbocycles. The predicted molar refractivity (Wildman–Crippen MR) is 58.7 cm³/mol. The first-order chi connectivity index (χ1) is 6.46. The van der Waals surface area contributed by atoms with Gasteiger partial charge in [-0.3, -0.25) is 0 Å². The highest BCUT2D eigenvalue weighted by Gasteiger charge is 2.19. The molecule has 0 heterocycles. The summed E-state index contributed by atoms with van der Waals surface area (Å²) in [6, 6.07) is 5.22. The van der Waals surface area contributed by atoms with E-state index in [4.69, 9.17) is 5.11 Å². The van der Waals surface area contributed by atoms with Crippen LogP contribution in [0.15, 0.2) is 22.7 Å². The molecule has 0 aromatic heterocycles. The van der Waals surface area contributed by atoms with Crippen molar-refractivity contribution in [3.8, 4) is 0 Å². The summed E-state index contributed by atoms with van der Waals surface area (Å²) in [5.41, 5.74) is 0.361. The highest BCUT2D eigenvalue weighted by atomic mass is 79.9. The van der Waals surface area contributed by atoms with Crippen LogP contribution in [0.25, 0.3) is 0 Å². The first-order valence-electron chi connectivity index (χ1n) is 4.50. The van der Waals surface area contributed by atoms with Crippen LogP contribution in [0.4, 0.5) is 4.39 Å². The van der Waals surface area contributed by atoms with Gasteiger partial charge in [-0.1, -0.05) is 26.0 Å². The van der Waals surface area contributed by atoms with Crippen LogP contribution < -0.4 is 0 Å². The van der Waals surface area contributed by atoms with Crippen molar-refractivity contribution in [1.29, 1.82) is 0 Å². The monoisotopic (exact) mass is 260 g/mol. The van der Waals surface area contributed by atoms with Gasteiger partial charge >= 0.3 is 0 Å². The first kappa shape index (κ1) is 11.7. The van der Waals surface area contributed by atoms with E-state index in [2.05, 4.69) is 15.9 Å². The third-order valence-electron chi connectivity index (χ3n) is 2.13. The molecule has 0 unspecified atom stereocenters. The minimum absolute atomic E-state index is 0.0545. The van der Waals surface area contributed by atoms with Crippen molar-refractivity contribution in [3.05, 3.63) is 34.1 Å². The molecule has 0 aliphatic heterocycles. The van der Waals surface area contributed by atoms with Gasteiger partial charge in [0.05, 0.1) is 4.47 Å². The molecule has 0 atom stereocenters. The van der Waals surface area contributed by atoms with Gasteiger partial charge in [-0.25, -0.2) is 4.39 Å². The summed E-state index contributed by atoms with van der Waals surface area (Å²) in [7, 11) is 0. The van der Waals surface area contributed by atoms with Gasteiger partial charge in [0.25, 0.3) is 0 Å². The van der Waals surface area contributed by atoms with Gasteiger partial charge in [-0.15, -0.1) is 0 Å². The van der Waals surface area contributed by atoms with Gasteiger partial charge in [0.15, 0.2) is 0 Å². The molecule has 0 aliphatic rings. The maximum absolute atomic E-state index is 13.5. The summed E-state index contributed by atoms with van der Waals surface area (Å²) >= 11 is 3.14. The molecular formula is C11H14BrFO. The van der Waals surface area contributed by atoms with Crippen molar-refractivity contribution in [1.82, 2.24) is 0 Å². The molecule has 0 aliphatic carbocycles. The van der Waals surface area contributed by atoms with Crippen LogP contribution in [-0.4, -0.2) is 11.7 Å². The van der Waals surface area contributed by atoms with E-state index in [-0.39, 0.29) is 17.8 Å². The minimum Gasteiger partial charge on any atom is -0.396 e. The number of aliphatic hydroxyl groups excluding tert-OH is 1. The number of hydrogen-bond donors (Lipinski definition) is 1. The third kappa shape index (κ3) is 2.79. The molecule has 3 heteroatoms. The number of hydrogen-bond acceptors (Lipinski definition) is 1. The molecule has 1 nitrogen and oxygen atoms in total. The molecule has 0 spiro atoms. The molecule has 0 fully saturated rings. The average molecular weight is 261 g/mol. The quantitative estimate of drug-likeness (QED) is 0.886. The largest absolute Gasteiger partial charge is 0.396 e. The van der Waals surface area contributed by atoms with Gasteiger partial charge in [-0.2, -0.15) is 0 Å². The van der Waals surface area contributed by atoms with Crippen LogP contribution in [0.3, 0.4) is 0 Å². The number of aliphatic hydroxyl groups is 1. The Morgan fingerprint density at radius 1 is 1.43 bits per heavy atom. The Balaban J connectivity index is 2.92. The molecule has 1 aromatic rings. The average Bonchev–Trinajstić information content (AvgIpc) is 2.13. The van der Waals surface area contributed by atoms with Crippen molar-refractivity contribution in [3.63, 3.8) is 0 Å². The minimum atomic E-state index is -0.276. The van der Waals surface area contributed by atoms with Crippen molar-refractivity contribution in [2.45, 2.75) is 20.3 Å². The normalized spacial score (nSPS) is 11.8. The van der Waals surface area contributed by atoms with E-state index >= 15 is 0 Å². The van der Waals surface area contributed by atoms with Crippen molar-refractivity contribution in [2.75, 3.05) is 6.61 Å². The van der Waals surface area contributed by atoms with E-state index < -0.39 is 0 Å². The Labute approximate surface area is 92.1 Å². The summed E-state index contributed by atoms with van der Waals surface area (Å²) in [6.07, 6.45) is 0.536. The zero-order valence-corrected chi connectivity index (χ0v) is 9.94. The third-order valence-corrected chi connectivity index (χ3v) is 2.74. The van der Waals surface area contributed by atoms with E-state index in [9.17, 15) is 4.39 Å². The highest BCUT2D eigenvalue weighted by Crippen LogP contribution is 2.26. The maximum atomic E-state index is 13.5. The van der Waals surface area contributed by atoms with Crippen molar-refractivity contribution in [2.24, 2.45) is 5.41 Å². The van der Waals surface area contributed by atoms with Crippen molar-refractivity contribution >= 4 is 15.9 Å². The Hall–Kier alpha value is -0.410. The molecule has 0 radical (unpaired) electrons. The van der Waals surface area contributed by atoms with Gasteiger partial charge < -0.3 is 5.11 Å². The Morgan fingerprint density at radius 3 is 2.64 bits per heavy atom. The summed E-state index contributed by atoms with van der Waals surface area (Å²) in [6.45, 7) is 3.87. The van der Waals surface area contributed by atoms with Gasteiger partial charge in [0.1, 0.15) is 5.82 Å². The first-order valence-corrected chi connectivity index (χ1v) is 5.29. The standard InChI is InChI=1S/C11H14BrFO/c1-11(2,7-14)6-8-4-3-5-9(12)10(8)13/h3-5,14H,6-7H2,1-2H3. The second-order valence-corrected chi connectivity index (χ2v) is 5.07. The van der Waals surface area contributed by atoms with Gasteiger partial charge in [-0.05, 0) is 39.4 Å². The molecule has 78 valence electrons. The van der Waals surface area contributed by atoms with Gasteiger partial charge in [0, 0.05) is 6.61 Å². The zero-order valence-electron chi connectivity index (χ0n) is 8.35. The Morgan fingerprint density at radius 2 is 2.07 bits per heavy atom. The molecule has 1 aromatic carbocycles. The number of halogens is 2. The lowest BCUT2D eigenvalue weighted by Crippen LogP contribution is -2.20. The topological polar surface area (TPSA) is 20.2 Å². The van der Waals surface area contributed by atoms with Crippen LogP contribution in [0, 0.1) is 11.2 Å². The molecule has 14 heavy (non-hydrogen) atoms. The second-order valence-electron chi connectivity index (χ2n) is 4.21. The molecule has 1 rings (SSSR count). The highest BCUT2D eigenvalue weighted by molar-refractivity contribution is 9.10. The fourth-order valence-corrected chi connectivity index (χ4v) is 1.66. The van der Waals surface area contributed by atoms with Crippen LogP contribution in [-0.2, 0) is 6.42 Å². The smallest absolute Gasteiger partial charge is 0.140 e. The summed E-state index contributed by atoms with van der Waals surface area (Å²) in [5.74, 6) is -0.228. The SMILES string of the molecule is CC(C)(CO)Cc1cccc(Br)c1F.